The zero-order valence-corrected chi connectivity index (χ0v) is 15.9. The maximum Gasteiger partial charge on any atom is 0.111 e. The van der Waals surface area contributed by atoms with Crippen molar-refractivity contribution in [2.45, 2.75) is 39.8 Å². The number of hydrazine groups is 1. The second-order valence-corrected chi connectivity index (χ2v) is 6.33. The van der Waals surface area contributed by atoms with E-state index in [1.54, 1.807) is 6.08 Å². The lowest BCUT2D eigenvalue weighted by atomic mass is 10.1. The highest BCUT2D eigenvalue weighted by Crippen LogP contribution is 2.06. The topological polar surface area (TPSA) is 48.1 Å². The summed E-state index contributed by atoms with van der Waals surface area (Å²) in [5.41, 5.74) is 10.6. The molecule has 1 unspecified atom stereocenters. The summed E-state index contributed by atoms with van der Waals surface area (Å²) in [4.78, 5) is 0. The number of allylic oxidation sites excluding steroid dienone is 7. The molecular weight excluding hydrogens is 308 g/mol. The molecule has 0 saturated heterocycles. The smallest absolute Gasteiger partial charge is 0.111 e. The van der Waals surface area contributed by atoms with Gasteiger partial charge in [-0.2, -0.15) is 0 Å². The summed E-state index contributed by atoms with van der Waals surface area (Å²) in [5, 5.41) is 6.85. The molecule has 0 spiro atoms. The van der Waals surface area contributed by atoms with Gasteiger partial charge in [-0.25, -0.2) is 5.43 Å². The molecule has 0 aromatic rings. The molecule has 138 valence electrons. The van der Waals surface area contributed by atoms with Crippen LogP contribution in [0.4, 0.5) is 0 Å². The van der Waals surface area contributed by atoms with Crippen LogP contribution in [-0.4, -0.2) is 25.8 Å². The van der Waals surface area contributed by atoms with Crippen LogP contribution >= 0.6 is 0 Å². The van der Waals surface area contributed by atoms with Crippen molar-refractivity contribution in [1.82, 2.24) is 21.5 Å². The first kappa shape index (κ1) is 21.2. The van der Waals surface area contributed by atoms with Crippen molar-refractivity contribution in [2.24, 2.45) is 0 Å². The van der Waals surface area contributed by atoms with E-state index in [1.165, 1.54) is 11.1 Å². The van der Waals surface area contributed by atoms with Crippen LogP contribution < -0.4 is 21.5 Å². The summed E-state index contributed by atoms with van der Waals surface area (Å²) < 4.78 is 0. The molecule has 1 atom stereocenters. The van der Waals surface area contributed by atoms with Crippen LogP contribution in [-0.2, 0) is 0 Å². The molecule has 4 N–H and O–H groups in total. The molecule has 4 heteroatoms. The average Bonchev–Trinajstić information content (AvgIpc) is 2.60. The maximum atomic E-state index is 3.69. The molecule has 1 heterocycles. The van der Waals surface area contributed by atoms with E-state index in [1.807, 2.05) is 12.2 Å². The Morgan fingerprint density at radius 2 is 2.12 bits per heavy atom. The van der Waals surface area contributed by atoms with E-state index in [0.29, 0.717) is 0 Å². The van der Waals surface area contributed by atoms with E-state index in [-0.39, 0.29) is 6.17 Å². The molecule has 0 fully saturated rings. The lowest BCUT2D eigenvalue weighted by molar-refractivity contribution is 0.417. The molecule has 0 aliphatic carbocycles. The van der Waals surface area contributed by atoms with E-state index in [4.69, 9.17) is 0 Å². The summed E-state index contributed by atoms with van der Waals surface area (Å²) in [6.45, 7) is 12.6. The summed E-state index contributed by atoms with van der Waals surface area (Å²) in [6, 6.07) is 0. The Morgan fingerprint density at radius 3 is 2.80 bits per heavy atom. The molecule has 1 rings (SSSR count). The highest BCUT2D eigenvalue weighted by Gasteiger charge is 2.12. The molecule has 4 nitrogen and oxygen atoms in total. The van der Waals surface area contributed by atoms with E-state index in [2.05, 4.69) is 79.2 Å². The van der Waals surface area contributed by atoms with Gasteiger partial charge in [0, 0.05) is 25.3 Å². The van der Waals surface area contributed by atoms with Crippen molar-refractivity contribution < 1.29 is 0 Å². The molecule has 1 aliphatic heterocycles. The summed E-state index contributed by atoms with van der Waals surface area (Å²) in [7, 11) is 0. The minimum absolute atomic E-state index is 0.0267. The highest BCUT2D eigenvalue weighted by molar-refractivity contribution is 5.21. The van der Waals surface area contributed by atoms with Gasteiger partial charge < -0.3 is 5.32 Å². The Labute approximate surface area is 153 Å². The zero-order chi connectivity index (χ0) is 18.3. The normalized spacial score (nSPS) is 15.6. The van der Waals surface area contributed by atoms with Gasteiger partial charge in [-0.05, 0) is 39.7 Å². The van der Waals surface area contributed by atoms with Crippen molar-refractivity contribution in [2.75, 3.05) is 19.6 Å². The predicted molar refractivity (Wildman–Crippen MR) is 110 cm³/mol. The van der Waals surface area contributed by atoms with Crippen LogP contribution in [0.2, 0.25) is 0 Å². The van der Waals surface area contributed by atoms with Gasteiger partial charge >= 0.3 is 0 Å². The third-order valence-corrected chi connectivity index (χ3v) is 3.75. The van der Waals surface area contributed by atoms with Gasteiger partial charge in [0.15, 0.2) is 0 Å². The van der Waals surface area contributed by atoms with Gasteiger partial charge in [-0.3, -0.25) is 10.7 Å². The van der Waals surface area contributed by atoms with Crippen molar-refractivity contribution in [1.29, 1.82) is 0 Å². The molecule has 25 heavy (non-hydrogen) atoms. The molecule has 0 aromatic carbocycles. The fourth-order valence-corrected chi connectivity index (χ4v) is 2.34. The van der Waals surface area contributed by atoms with Crippen molar-refractivity contribution in [3.05, 3.63) is 72.0 Å². The van der Waals surface area contributed by atoms with Crippen molar-refractivity contribution in [3.8, 4) is 0 Å². The third kappa shape index (κ3) is 10.6. The fraction of sp³-hybridized carbons (Fsp3) is 0.429. The second kappa shape index (κ2) is 13.4. The Bertz CT molecular complexity index is 534. The molecule has 0 aromatic heterocycles. The predicted octanol–water partition coefficient (Wildman–Crippen LogP) is 3.47. The first-order valence-electron chi connectivity index (χ1n) is 9.02. The second-order valence-electron chi connectivity index (χ2n) is 6.33. The Morgan fingerprint density at radius 1 is 1.28 bits per heavy atom. The Balaban J connectivity index is 2.42. The van der Waals surface area contributed by atoms with E-state index >= 15 is 0 Å². The minimum Gasteiger partial charge on any atom is -0.382 e. The molecule has 1 aliphatic rings. The van der Waals surface area contributed by atoms with Gasteiger partial charge in [0.25, 0.3) is 0 Å². The van der Waals surface area contributed by atoms with Gasteiger partial charge in [0.2, 0.25) is 0 Å². The minimum atomic E-state index is 0.0267. The summed E-state index contributed by atoms with van der Waals surface area (Å²) in [5.74, 6) is 0. The van der Waals surface area contributed by atoms with Gasteiger partial charge in [-0.1, -0.05) is 60.3 Å². The van der Waals surface area contributed by atoms with Crippen LogP contribution in [0.1, 0.15) is 33.6 Å². The zero-order valence-electron chi connectivity index (χ0n) is 15.9. The monoisotopic (exact) mass is 342 g/mol. The quantitative estimate of drug-likeness (QED) is 0.144. The number of hydrogen-bond donors (Lipinski definition) is 4. The molecule has 0 bridgehead atoms. The van der Waals surface area contributed by atoms with Crippen LogP contribution in [0.5, 0.6) is 0 Å². The third-order valence-electron chi connectivity index (χ3n) is 3.75. The lowest BCUT2D eigenvalue weighted by Gasteiger charge is -2.25. The highest BCUT2D eigenvalue weighted by atomic mass is 15.4. The summed E-state index contributed by atoms with van der Waals surface area (Å²) >= 11 is 0. The van der Waals surface area contributed by atoms with E-state index in [0.717, 1.165) is 38.2 Å². The first-order chi connectivity index (χ1) is 12.1. The lowest BCUT2D eigenvalue weighted by Crippen LogP contribution is -2.53. The van der Waals surface area contributed by atoms with Gasteiger partial charge in [0.1, 0.15) is 6.17 Å². The molecule has 0 radical (unpaired) electrons. The first-order valence-corrected chi connectivity index (χ1v) is 9.02. The SMILES string of the molecule is C=C/C=C\CNC(NNC/C=C(\C)CCC=C(C)C)C1=CC=CCN1. The van der Waals surface area contributed by atoms with Gasteiger partial charge in [0.05, 0.1) is 0 Å². The van der Waals surface area contributed by atoms with Crippen LogP contribution in [0, 0.1) is 0 Å². The standard InChI is InChI=1S/C21H34N4/c1-5-6-8-16-23-21(20-13-7-9-15-22-20)25-24-17-14-19(4)12-10-11-18(2)3/h5-9,11,13-14,21-25H,1,10,12,15-17H2,2-4H3/b8-6-,19-14+. The number of hydrogen-bond acceptors (Lipinski definition) is 4. The average molecular weight is 343 g/mol. The van der Waals surface area contributed by atoms with Gasteiger partial charge in [-0.15, -0.1) is 0 Å². The Kier molecular flexibility index (Phi) is 11.4. The van der Waals surface area contributed by atoms with Crippen LogP contribution in [0.3, 0.4) is 0 Å². The van der Waals surface area contributed by atoms with E-state index in [9.17, 15) is 0 Å². The fourth-order valence-electron chi connectivity index (χ4n) is 2.34. The van der Waals surface area contributed by atoms with E-state index < -0.39 is 0 Å². The molecule has 0 amide bonds. The number of rotatable bonds is 12. The van der Waals surface area contributed by atoms with Crippen LogP contribution in [0.25, 0.3) is 0 Å². The Hall–Kier alpha value is -1.88. The van der Waals surface area contributed by atoms with Crippen molar-refractivity contribution in [3.63, 3.8) is 0 Å². The van der Waals surface area contributed by atoms with Crippen molar-refractivity contribution >= 4 is 0 Å². The maximum absolute atomic E-state index is 3.69. The number of nitrogens with one attached hydrogen (secondary N) is 4. The van der Waals surface area contributed by atoms with Crippen LogP contribution in [0.15, 0.2) is 72.0 Å². The molecule has 0 saturated carbocycles. The number of dihydropyridines is 1. The molecular formula is C21H34N4. The largest absolute Gasteiger partial charge is 0.382 e. The summed E-state index contributed by atoms with van der Waals surface area (Å²) in [6.07, 6.45) is 18.8.